The number of hydrogen-bond donors (Lipinski definition) is 2. The molecule has 0 saturated carbocycles. The molecule has 5 heteroatoms. The third-order valence-corrected chi connectivity index (χ3v) is 4.95. The minimum absolute atomic E-state index is 0. The van der Waals surface area contributed by atoms with E-state index < -0.39 is 0 Å². The summed E-state index contributed by atoms with van der Waals surface area (Å²) in [6.45, 7) is 6.71. The number of nitrogens with one attached hydrogen (secondary N) is 1. The summed E-state index contributed by atoms with van der Waals surface area (Å²) in [4.78, 5) is 13.2. The molecular weight excluding hydrogens is 328 g/mol. The van der Waals surface area contributed by atoms with E-state index in [0.717, 1.165) is 10.4 Å². The first kappa shape index (κ1) is 19.7. The number of halogens is 1. The lowest BCUT2D eigenvalue weighted by Gasteiger charge is -2.16. The van der Waals surface area contributed by atoms with Crippen LogP contribution in [0.2, 0.25) is 0 Å². The zero-order valence-electron chi connectivity index (χ0n) is 13.8. The quantitative estimate of drug-likeness (QED) is 0.818. The van der Waals surface area contributed by atoms with Gasteiger partial charge in [-0.3, -0.25) is 4.79 Å². The Balaban J connectivity index is 0.00000264. The molecule has 0 aliphatic rings. The molecule has 0 fully saturated rings. The molecule has 126 valence electrons. The van der Waals surface area contributed by atoms with Gasteiger partial charge in [0, 0.05) is 17.5 Å². The van der Waals surface area contributed by atoms with E-state index in [-0.39, 0.29) is 30.3 Å². The smallest absolute Gasteiger partial charge is 0.228 e. The van der Waals surface area contributed by atoms with E-state index in [4.69, 9.17) is 5.73 Å². The Kier molecular flexibility index (Phi) is 7.76. The van der Waals surface area contributed by atoms with Crippen LogP contribution in [-0.4, -0.2) is 12.5 Å². The van der Waals surface area contributed by atoms with Gasteiger partial charge in [0.25, 0.3) is 0 Å². The molecule has 0 aliphatic carbocycles. The van der Waals surface area contributed by atoms with E-state index >= 15 is 0 Å². The fourth-order valence-corrected chi connectivity index (χ4v) is 3.06. The topological polar surface area (TPSA) is 55.1 Å². The second-order valence-electron chi connectivity index (χ2n) is 5.91. The van der Waals surface area contributed by atoms with Crippen molar-refractivity contribution in [2.75, 3.05) is 6.54 Å². The van der Waals surface area contributed by atoms with Crippen LogP contribution < -0.4 is 11.1 Å². The average molecular weight is 353 g/mol. The molecule has 1 heterocycles. The summed E-state index contributed by atoms with van der Waals surface area (Å²) in [6.07, 6.45) is 0. The number of carbonyl (C=O) groups is 1. The summed E-state index contributed by atoms with van der Waals surface area (Å²) < 4.78 is 0. The van der Waals surface area contributed by atoms with Crippen molar-refractivity contribution >= 4 is 29.7 Å². The van der Waals surface area contributed by atoms with Gasteiger partial charge < -0.3 is 11.1 Å². The molecule has 2 unspecified atom stereocenters. The second-order valence-corrected chi connectivity index (χ2v) is 6.89. The predicted molar refractivity (Wildman–Crippen MR) is 100 cm³/mol. The van der Waals surface area contributed by atoms with Gasteiger partial charge in [-0.2, -0.15) is 0 Å². The zero-order valence-corrected chi connectivity index (χ0v) is 15.4. The van der Waals surface area contributed by atoms with Crippen molar-refractivity contribution in [3.8, 4) is 0 Å². The number of amides is 1. The largest absolute Gasteiger partial charge is 0.354 e. The van der Waals surface area contributed by atoms with Gasteiger partial charge in [-0.25, -0.2) is 0 Å². The van der Waals surface area contributed by atoms with E-state index in [2.05, 4.69) is 43.4 Å². The molecule has 0 spiro atoms. The van der Waals surface area contributed by atoms with Gasteiger partial charge in [-0.05, 0) is 35.4 Å². The predicted octanol–water partition coefficient (Wildman–Crippen LogP) is 4.21. The van der Waals surface area contributed by atoms with Crippen molar-refractivity contribution in [2.45, 2.75) is 38.6 Å². The normalized spacial score (nSPS) is 13.3. The van der Waals surface area contributed by atoms with Crippen molar-refractivity contribution < 1.29 is 4.79 Å². The van der Waals surface area contributed by atoms with Gasteiger partial charge in [0.1, 0.15) is 0 Å². The number of benzene rings is 1. The van der Waals surface area contributed by atoms with E-state index in [1.165, 1.54) is 5.56 Å². The molecule has 0 radical (unpaired) electrons. The lowest BCUT2D eigenvalue weighted by Crippen LogP contribution is -2.34. The lowest BCUT2D eigenvalue weighted by atomic mass is 9.99. The number of carbonyl (C=O) groups excluding carboxylic acids is 1. The maximum atomic E-state index is 12.2. The SMILES string of the molecule is CC(C)c1ccc(C(N)CNC(=O)C(C)c2cccs2)cc1.Cl. The van der Waals surface area contributed by atoms with Crippen LogP contribution in [0.1, 0.15) is 54.7 Å². The van der Waals surface area contributed by atoms with Crippen LogP contribution in [-0.2, 0) is 4.79 Å². The van der Waals surface area contributed by atoms with Crippen LogP contribution >= 0.6 is 23.7 Å². The number of rotatable bonds is 6. The van der Waals surface area contributed by atoms with Crippen LogP contribution in [0.15, 0.2) is 41.8 Å². The van der Waals surface area contributed by atoms with Gasteiger partial charge >= 0.3 is 0 Å². The van der Waals surface area contributed by atoms with Gasteiger partial charge in [-0.15, -0.1) is 23.7 Å². The highest BCUT2D eigenvalue weighted by Gasteiger charge is 2.17. The van der Waals surface area contributed by atoms with Crippen molar-refractivity contribution in [3.05, 3.63) is 57.8 Å². The minimum Gasteiger partial charge on any atom is -0.354 e. The third-order valence-electron chi connectivity index (χ3n) is 3.89. The Hall–Kier alpha value is -1.36. The monoisotopic (exact) mass is 352 g/mol. The van der Waals surface area contributed by atoms with Gasteiger partial charge in [0.05, 0.1) is 5.92 Å². The molecule has 1 amide bonds. The lowest BCUT2D eigenvalue weighted by molar-refractivity contribution is -0.122. The Morgan fingerprint density at radius 3 is 2.26 bits per heavy atom. The fraction of sp³-hybridized carbons (Fsp3) is 0.389. The van der Waals surface area contributed by atoms with Gasteiger partial charge in [0.15, 0.2) is 0 Å². The first-order valence-corrected chi connectivity index (χ1v) is 8.53. The minimum atomic E-state index is -0.180. The first-order chi connectivity index (χ1) is 10.5. The number of thiophene rings is 1. The summed E-state index contributed by atoms with van der Waals surface area (Å²) >= 11 is 1.60. The van der Waals surface area contributed by atoms with Crippen LogP contribution in [0, 0.1) is 0 Å². The molecule has 0 bridgehead atoms. The van der Waals surface area contributed by atoms with E-state index in [1.807, 2.05) is 24.4 Å². The maximum Gasteiger partial charge on any atom is 0.228 e. The summed E-state index contributed by atoms with van der Waals surface area (Å²) in [7, 11) is 0. The van der Waals surface area contributed by atoms with Crippen molar-refractivity contribution in [1.82, 2.24) is 5.32 Å². The number of hydrogen-bond acceptors (Lipinski definition) is 3. The highest BCUT2D eigenvalue weighted by molar-refractivity contribution is 7.10. The Morgan fingerprint density at radius 1 is 1.13 bits per heavy atom. The van der Waals surface area contributed by atoms with Crippen LogP contribution in [0.3, 0.4) is 0 Å². The molecule has 0 saturated heterocycles. The summed E-state index contributed by atoms with van der Waals surface area (Å²) in [5.41, 5.74) is 8.52. The molecule has 2 rings (SSSR count). The van der Waals surface area contributed by atoms with E-state index in [1.54, 1.807) is 11.3 Å². The second kappa shape index (κ2) is 9.06. The standard InChI is InChI=1S/C18H24N2OS.ClH/c1-12(2)14-6-8-15(9-7-14)16(19)11-20-18(21)13(3)17-5-4-10-22-17;/h4-10,12-13,16H,11,19H2,1-3H3,(H,20,21);1H. The van der Waals surface area contributed by atoms with Crippen LogP contribution in [0.4, 0.5) is 0 Å². The number of nitrogens with two attached hydrogens (primary N) is 1. The first-order valence-electron chi connectivity index (χ1n) is 7.65. The van der Waals surface area contributed by atoms with E-state index in [0.29, 0.717) is 12.5 Å². The molecule has 1 aromatic heterocycles. The Morgan fingerprint density at radius 2 is 1.74 bits per heavy atom. The third kappa shape index (κ3) is 5.34. The molecule has 23 heavy (non-hydrogen) atoms. The zero-order chi connectivity index (χ0) is 16.1. The van der Waals surface area contributed by atoms with Crippen molar-refractivity contribution in [2.24, 2.45) is 5.73 Å². The molecule has 3 nitrogen and oxygen atoms in total. The van der Waals surface area contributed by atoms with Gasteiger partial charge in [0.2, 0.25) is 5.91 Å². The molecule has 2 atom stereocenters. The summed E-state index contributed by atoms with van der Waals surface area (Å²) in [5, 5.41) is 4.94. The summed E-state index contributed by atoms with van der Waals surface area (Å²) in [5.74, 6) is 0.406. The van der Waals surface area contributed by atoms with Crippen molar-refractivity contribution in [1.29, 1.82) is 0 Å². The molecule has 0 aliphatic heterocycles. The molecular formula is C18H25ClN2OS. The fourth-order valence-electron chi connectivity index (χ4n) is 2.28. The summed E-state index contributed by atoms with van der Waals surface area (Å²) in [6, 6.07) is 12.1. The Labute approximate surface area is 148 Å². The van der Waals surface area contributed by atoms with Crippen LogP contribution in [0.25, 0.3) is 0 Å². The van der Waals surface area contributed by atoms with Crippen molar-refractivity contribution in [3.63, 3.8) is 0 Å². The van der Waals surface area contributed by atoms with Crippen LogP contribution in [0.5, 0.6) is 0 Å². The van der Waals surface area contributed by atoms with E-state index in [9.17, 15) is 4.79 Å². The average Bonchev–Trinajstić information content (AvgIpc) is 3.06. The Bertz CT molecular complexity index is 596. The molecule has 3 N–H and O–H groups in total. The highest BCUT2D eigenvalue weighted by atomic mass is 35.5. The van der Waals surface area contributed by atoms with Gasteiger partial charge in [-0.1, -0.05) is 44.2 Å². The maximum absolute atomic E-state index is 12.2. The highest BCUT2D eigenvalue weighted by Crippen LogP contribution is 2.21. The molecule has 2 aromatic rings. The molecule has 1 aromatic carbocycles.